The number of rotatable bonds is 7. The van der Waals surface area contributed by atoms with Crippen molar-refractivity contribution in [1.29, 1.82) is 0 Å². The SMILES string of the molecule is COc1ccccc1-c1cc(C2=CCCN(C(=O)CCN(N)/C=C\N)C2)c(F)c2[nH]c(C)cc12. The number of nitrogens with two attached hydrogens (primary N) is 2. The van der Waals surface area contributed by atoms with E-state index in [1.165, 1.54) is 17.4 Å². The Balaban J connectivity index is 1.70. The van der Waals surface area contributed by atoms with Crippen molar-refractivity contribution in [1.82, 2.24) is 14.9 Å². The lowest BCUT2D eigenvalue weighted by atomic mass is 9.93. The fraction of sp³-hybridized carbons (Fsp3) is 0.269. The number of carbonyl (C=O) groups is 1. The molecule has 3 aromatic rings. The molecule has 2 heterocycles. The Hall–Kier alpha value is -3.78. The predicted molar refractivity (Wildman–Crippen MR) is 133 cm³/mol. The van der Waals surface area contributed by atoms with Crippen LogP contribution in [0.15, 0.2) is 54.9 Å². The Kier molecular flexibility index (Phi) is 6.88. The van der Waals surface area contributed by atoms with Gasteiger partial charge in [0.2, 0.25) is 5.91 Å². The van der Waals surface area contributed by atoms with Crippen LogP contribution in [0, 0.1) is 12.7 Å². The molecule has 1 aliphatic rings. The molecule has 0 bridgehead atoms. The second-order valence-corrected chi connectivity index (χ2v) is 8.39. The molecule has 1 aromatic heterocycles. The first-order valence-electron chi connectivity index (χ1n) is 11.2. The number of benzene rings is 2. The van der Waals surface area contributed by atoms with Gasteiger partial charge in [0.25, 0.3) is 0 Å². The zero-order valence-corrected chi connectivity index (χ0v) is 19.5. The van der Waals surface area contributed by atoms with Gasteiger partial charge in [-0.1, -0.05) is 24.3 Å². The van der Waals surface area contributed by atoms with E-state index >= 15 is 4.39 Å². The van der Waals surface area contributed by atoms with Crippen LogP contribution in [0.5, 0.6) is 5.75 Å². The van der Waals surface area contributed by atoms with Crippen molar-refractivity contribution in [2.45, 2.75) is 19.8 Å². The number of aryl methyl sites for hydroxylation is 1. The van der Waals surface area contributed by atoms with Crippen LogP contribution < -0.4 is 16.3 Å². The smallest absolute Gasteiger partial charge is 0.224 e. The first-order valence-corrected chi connectivity index (χ1v) is 11.2. The Morgan fingerprint density at radius 2 is 2.06 bits per heavy atom. The van der Waals surface area contributed by atoms with E-state index in [0.717, 1.165) is 27.8 Å². The van der Waals surface area contributed by atoms with Crippen LogP contribution >= 0.6 is 0 Å². The summed E-state index contributed by atoms with van der Waals surface area (Å²) in [6, 6.07) is 11.5. The highest BCUT2D eigenvalue weighted by Crippen LogP contribution is 2.39. The van der Waals surface area contributed by atoms with Gasteiger partial charge in [-0.2, -0.15) is 0 Å². The van der Waals surface area contributed by atoms with E-state index in [2.05, 4.69) is 4.98 Å². The zero-order chi connectivity index (χ0) is 24.2. The summed E-state index contributed by atoms with van der Waals surface area (Å²) in [5.74, 6) is 6.14. The number of hydrogen-bond donors (Lipinski definition) is 3. The van der Waals surface area contributed by atoms with E-state index in [4.69, 9.17) is 16.3 Å². The van der Waals surface area contributed by atoms with Crippen LogP contribution in [0.3, 0.4) is 0 Å². The molecular formula is C26H30FN5O2. The van der Waals surface area contributed by atoms with Crippen molar-refractivity contribution in [3.05, 3.63) is 71.9 Å². The lowest BCUT2D eigenvalue weighted by Crippen LogP contribution is -2.38. The average molecular weight is 464 g/mol. The van der Waals surface area contributed by atoms with Crippen LogP contribution in [0.4, 0.5) is 4.39 Å². The van der Waals surface area contributed by atoms with Gasteiger partial charge < -0.3 is 25.4 Å². The molecular weight excluding hydrogens is 433 g/mol. The minimum Gasteiger partial charge on any atom is -0.496 e. The van der Waals surface area contributed by atoms with Gasteiger partial charge in [0.05, 0.1) is 12.6 Å². The van der Waals surface area contributed by atoms with Crippen LogP contribution in [0.1, 0.15) is 24.1 Å². The largest absolute Gasteiger partial charge is 0.496 e. The zero-order valence-electron chi connectivity index (χ0n) is 19.5. The maximum atomic E-state index is 15.8. The quantitative estimate of drug-likeness (QED) is 0.364. The molecule has 0 saturated carbocycles. The summed E-state index contributed by atoms with van der Waals surface area (Å²) in [6.07, 6.45) is 5.76. The van der Waals surface area contributed by atoms with Crippen LogP contribution in [0.2, 0.25) is 0 Å². The summed E-state index contributed by atoms with van der Waals surface area (Å²) in [4.78, 5) is 17.7. The molecule has 0 atom stereocenters. The third-order valence-corrected chi connectivity index (χ3v) is 6.10. The van der Waals surface area contributed by atoms with Crippen molar-refractivity contribution in [3.63, 3.8) is 0 Å². The number of methoxy groups -OCH3 is 1. The van der Waals surface area contributed by atoms with Gasteiger partial charge in [-0.25, -0.2) is 10.2 Å². The number of carbonyl (C=O) groups excluding carboxylic acids is 1. The molecule has 4 rings (SSSR count). The Morgan fingerprint density at radius 3 is 2.82 bits per heavy atom. The number of amides is 1. The van der Waals surface area contributed by atoms with Gasteiger partial charge in [0.15, 0.2) is 5.82 Å². The highest BCUT2D eigenvalue weighted by molar-refractivity contribution is 6.00. The number of nitrogens with one attached hydrogen (secondary N) is 1. The van der Waals surface area contributed by atoms with Crippen LogP contribution in [-0.4, -0.2) is 47.5 Å². The van der Waals surface area contributed by atoms with Crippen molar-refractivity contribution in [3.8, 4) is 16.9 Å². The number of halogens is 1. The lowest BCUT2D eigenvalue weighted by molar-refractivity contribution is -0.130. The third kappa shape index (κ3) is 4.63. The standard InChI is InChI=1S/C26H30FN5O2/c1-17-14-22-21(19-7-3-4-8-23(19)34-2)15-20(25(27)26(22)30-17)18-6-5-11-31(16-18)24(33)9-12-32(29)13-10-28/h3-4,6-8,10,13-15,30H,5,9,11-12,16,28-29H2,1-2H3/b13-10-. The van der Waals surface area contributed by atoms with E-state index in [0.29, 0.717) is 42.9 Å². The molecule has 5 N–H and O–H groups in total. The van der Waals surface area contributed by atoms with Crippen LogP contribution in [-0.2, 0) is 4.79 Å². The fourth-order valence-corrected chi connectivity index (χ4v) is 4.44. The first-order chi connectivity index (χ1) is 16.4. The molecule has 7 nitrogen and oxygen atoms in total. The number of nitrogens with zero attached hydrogens (tertiary/aromatic N) is 2. The molecule has 0 aliphatic carbocycles. The van der Waals surface area contributed by atoms with E-state index in [-0.39, 0.29) is 18.1 Å². The molecule has 178 valence electrons. The van der Waals surface area contributed by atoms with Gasteiger partial charge in [-0.3, -0.25) is 4.79 Å². The number of para-hydroxylation sites is 1. The van der Waals surface area contributed by atoms with E-state index in [1.807, 2.05) is 49.4 Å². The Bertz CT molecular complexity index is 1260. The second kappa shape index (κ2) is 10.0. The summed E-state index contributed by atoms with van der Waals surface area (Å²) in [7, 11) is 1.63. The molecule has 8 heteroatoms. The molecule has 1 aliphatic heterocycles. The van der Waals surface area contributed by atoms with Crippen LogP contribution in [0.25, 0.3) is 27.6 Å². The number of aromatic nitrogens is 1. The summed E-state index contributed by atoms with van der Waals surface area (Å²) in [6.45, 7) is 3.18. The molecule has 0 radical (unpaired) electrons. The number of fused-ring (bicyclic) bond motifs is 1. The summed E-state index contributed by atoms with van der Waals surface area (Å²) in [5.41, 5.74) is 9.69. The molecule has 0 fully saturated rings. The second-order valence-electron chi connectivity index (χ2n) is 8.39. The van der Waals surface area contributed by atoms with Crippen molar-refractivity contribution in [2.75, 3.05) is 26.7 Å². The van der Waals surface area contributed by atoms with Gasteiger partial charge in [0, 0.05) is 60.7 Å². The van der Waals surface area contributed by atoms with E-state index < -0.39 is 0 Å². The summed E-state index contributed by atoms with van der Waals surface area (Å²) < 4.78 is 21.3. The molecule has 2 aromatic carbocycles. The number of hydrogen-bond acceptors (Lipinski definition) is 5. The summed E-state index contributed by atoms with van der Waals surface area (Å²) >= 11 is 0. The number of aromatic amines is 1. The highest BCUT2D eigenvalue weighted by atomic mass is 19.1. The van der Waals surface area contributed by atoms with Crippen molar-refractivity contribution < 1.29 is 13.9 Å². The third-order valence-electron chi connectivity index (χ3n) is 6.10. The van der Waals surface area contributed by atoms with E-state index in [9.17, 15) is 4.79 Å². The molecule has 0 saturated heterocycles. The minimum absolute atomic E-state index is 0.0337. The lowest BCUT2D eigenvalue weighted by Gasteiger charge is -2.29. The normalized spacial score (nSPS) is 14.0. The minimum atomic E-state index is -0.316. The topological polar surface area (TPSA) is 101 Å². The molecule has 0 unspecified atom stereocenters. The average Bonchev–Trinajstić information content (AvgIpc) is 3.25. The monoisotopic (exact) mass is 463 g/mol. The predicted octanol–water partition coefficient (Wildman–Crippen LogP) is 3.90. The first kappa shape index (κ1) is 23.4. The Labute approximate surface area is 198 Å². The number of H-pyrrole nitrogens is 1. The van der Waals surface area contributed by atoms with Gasteiger partial charge in [-0.15, -0.1) is 0 Å². The van der Waals surface area contributed by atoms with Crippen molar-refractivity contribution in [2.24, 2.45) is 11.6 Å². The maximum absolute atomic E-state index is 15.8. The summed E-state index contributed by atoms with van der Waals surface area (Å²) in [5, 5.41) is 2.17. The Morgan fingerprint density at radius 1 is 1.26 bits per heavy atom. The molecule has 0 spiro atoms. The van der Waals surface area contributed by atoms with Gasteiger partial charge in [-0.05, 0) is 42.7 Å². The number of ether oxygens (including phenoxy) is 1. The van der Waals surface area contributed by atoms with Gasteiger partial charge >= 0.3 is 0 Å². The van der Waals surface area contributed by atoms with E-state index in [1.54, 1.807) is 12.0 Å². The maximum Gasteiger partial charge on any atom is 0.224 e. The van der Waals surface area contributed by atoms with Crippen molar-refractivity contribution >= 4 is 22.4 Å². The van der Waals surface area contributed by atoms with Gasteiger partial charge in [0.1, 0.15) is 5.75 Å². The molecule has 34 heavy (non-hydrogen) atoms. The number of hydrazine groups is 1. The molecule has 1 amide bonds. The fourth-order valence-electron chi connectivity index (χ4n) is 4.44. The highest BCUT2D eigenvalue weighted by Gasteiger charge is 2.24.